The normalized spacial score (nSPS) is 16.8. The number of benzene rings is 2. The first-order valence-electron chi connectivity index (χ1n) is 12.3. The summed E-state index contributed by atoms with van der Waals surface area (Å²) >= 11 is 0. The number of epoxide rings is 1. The quantitative estimate of drug-likeness (QED) is 0.0879. The maximum absolute atomic E-state index is 12.8. The van der Waals surface area contributed by atoms with Crippen molar-refractivity contribution in [2.45, 2.75) is 76.9 Å². The summed E-state index contributed by atoms with van der Waals surface area (Å²) in [6.45, 7) is 2.76. The number of nitro groups is 1. The molecule has 1 aliphatic heterocycles. The van der Waals surface area contributed by atoms with E-state index in [1.54, 1.807) is 37.4 Å². The van der Waals surface area contributed by atoms with Gasteiger partial charge in [0.15, 0.2) is 11.9 Å². The number of nitro benzene ring substituents is 1. The summed E-state index contributed by atoms with van der Waals surface area (Å²) in [6, 6.07) is 11.3. The molecule has 1 saturated heterocycles. The van der Waals surface area contributed by atoms with Crippen LogP contribution in [-0.2, 0) is 4.74 Å². The second-order valence-corrected chi connectivity index (χ2v) is 8.73. The van der Waals surface area contributed by atoms with Crippen LogP contribution >= 0.6 is 0 Å². The predicted molar refractivity (Wildman–Crippen MR) is 131 cm³/mol. The van der Waals surface area contributed by atoms with Crippen molar-refractivity contribution in [2.24, 2.45) is 0 Å². The minimum absolute atomic E-state index is 0.0448. The fourth-order valence-electron chi connectivity index (χ4n) is 4.07. The summed E-state index contributed by atoms with van der Waals surface area (Å²) in [4.78, 5) is 23.7. The van der Waals surface area contributed by atoms with E-state index in [2.05, 4.69) is 6.92 Å². The van der Waals surface area contributed by atoms with Gasteiger partial charge in [-0.1, -0.05) is 58.3 Å². The third-order valence-corrected chi connectivity index (χ3v) is 6.14. The van der Waals surface area contributed by atoms with Crippen LogP contribution in [0.15, 0.2) is 42.5 Å². The van der Waals surface area contributed by atoms with Crippen molar-refractivity contribution in [1.82, 2.24) is 0 Å². The van der Waals surface area contributed by atoms with Crippen molar-refractivity contribution in [3.8, 4) is 11.5 Å². The minimum atomic E-state index is -0.676. The van der Waals surface area contributed by atoms with Crippen LogP contribution < -0.4 is 9.47 Å². The maximum Gasteiger partial charge on any atom is 0.270 e. The number of carbonyl (C=O) groups excluding carboxylic acids is 1. The van der Waals surface area contributed by atoms with Gasteiger partial charge in [-0.15, -0.1) is 0 Å². The smallest absolute Gasteiger partial charge is 0.270 e. The van der Waals surface area contributed by atoms with Crippen LogP contribution in [0.1, 0.15) is 86.7 Å². The fourth-order valence-corrected chi connectivity index (χ4v) is 4.07. The molecule has 0 saturated carbocycles. The number of nitrogens with zero attached hydrogens (tertiary/aromatic N) is 1. The Morgan fingerprint density at radius 3 is 2.24 bits per heavy atom. The highest BCUT2D eigenvalue weighted by Crippen LogP contribution is 2.45. The zero-order chi connectivity index (χ0) is 24.3. The predicted octanol–water partition coefficient (Wildman–Crippen LogP) is 6.84. The van der Waals surface area contributed by atoms with Gasteiger partial charge in [-0.25, -0.2) is 0 Å². The molecule has 1 heterocycles. The van der Waals surface area contributed by atoms with Gasteiger partial charge in [0.2, 0.25) is 0 Å². The molecule has 0 amide bonds. The van der Waals surface area contributed by atoms with Crippen LogP contribution in [0, 0.1) is 10.1 Å². The first kappa shape index (κ1) is 25.7. The van der Waals surface area contributed by atoms with Gasteiger partial charge in [-0.3, -0.25) is 14.9 Å². The summed E-state index contributed by atoms with van der Waals surface area (Å²) in [7, 11) is 1.56. The Labute approximate surface area is 201 Å². The van der Waals surface area contributed by atoms with Crippen LogP contribution in [0.4, 0.5) is 5.69 Å². The van der Waals surface area contributed by atoms with Gasteiger partial charge >= 0.3 is 0 Å². The average Bonchev–Trinajstić information content (AvgIpc) is 3.65. The number of Topliss-reactive ketones (excluding diaryl/α,β-unsaturated/α-hetero) is 1. The molecule has 0 aliphatic carbocycles. The van der Waals surface area contributed by atoms with Gasteiger partial charge in [-0.05, 0) is 36.8 Å². The number of non-ortho nitro benzene ring substituents is 1. The van der Waals surface area contributed by atoms with E-state index in [-0.39, 0.29) is 11.5 Å². The molecule has 2 aromatic rings. The minimum Gasteiger partial charge on any atom is -0.497 e. The number of rotatable bonds is 16. The Bertz CT molecular complexity index is 943. The molecule has 1 aliphatic rings. The molecule has 1 fully saturated rings. The number of methoxy groups -OCH3 is 1. The summed E-state index contributed by atoms with van der Waals surface area (Å²) in [6.07, 6.45) is 9.74. The fraction of sp³-hybridized carbons (Fsp3) is 0.519. The lowest BCUT2D eigenvalue weighted by molar-refractivity contribution is -0.385. The van der Waals surface area contributed by atoms with Crippen LogP contribution in [-0.4, -0.2) is 30.5 Å². The van der Waals surface area contributed by atoms with Crippen molar-refractivity contribution in [3.63, 3.8) is 0 Å². The largest absolute Gasteiger partial charge is 0.497 e. The van der Waals surface area contributed by atoms with Crippen LogP contribution in [0.5, 0.6) is 11.5 Å². The molecule has 34 heavy (non-hydrogen) atoms. The number of unbranched alkanes of at least 4 members (excludes halogenated alkanes) is 8. The summed E-state index contributed by atoms with van der Waals surface area (Å²) in [5, 5.41) is 11.3. The van der Waals surface area contributed by atoms with Gasteiger partial charge < -0.3 is 14.2 Å². The topological polar surface area (TPSA) is 91.2 Å². The highest BCUT2D eigenvalue weighted by Gasteiger charge is 2.48. The van der Waals surface area contributed by atoms with Gasteiger partial charge in [-0.2, -0.15) is 0 Å². The number of hydrogen-bond donors (Lipinski definition) is 0. The molecule has 184 valence electrons. The summed E-state index contributed by atoms with van der Waals surface area (Å²) in [5.74, 6) is 1.04. The third kappa shape index (κ3) is 7.29. The number of ketones is 1. The van der Waals surface area contributed by atoms with E-state index in [0.717, 1.165) is 12.8 Å². The highest BCUT2D eigenvalue weighted by atomic mass is 16.6. The zero-order valence-electron chi connectivity index (χ0n) is 20.2. The van der Waals surface area contributed by atoms with Crippen LogP contribution in [0.25, 0.3) is 0 Å². The lowest BCUT2D eigenvalue weighted by atomic mass is 10.0. The molecule has 2 aromatic carbocycles. The Morgan fingerprint density at radius 1 is 0.971 bits per heavy atom. The Morgan fingerprint density at radius 2 is 1.62 bits per heavy atom. The molecule has 0 unspecified atom stereocenters. The van der Waals surface area contributed by atoms with Gasteiger partial charge in [0.1, 0.15) is 17.6 Å². The molecule has 0 N–H and O–H groups in total. The molecule has 7 nitrogen and oxygen atoms in total. The van der Waals surface area contributed by atoms with E-state index in [1.165, 1.54) is 57.1 Å². The first-order valence-corrected chi connectivity index (χ1v) is 12.3. The van der Waals surface area contributed by atoms with Gasteiger partial charge in [0, 0.05) is 23.3 Å². The van der Waals surface area contributed by atoms with Crippen LogP contribution in [0.2, 0.25) is 0 Å². The van der Waals surface area contributed by atoms with Gasteiger partial charge in [0.25, 0.3) is 5.69 Å². The molecular weight excluding hydrogens is 434 g/mol. The van der Waals surface area contributed by atoms with E-state index in [1.807, 2.05) is 0 Å². The van der Waals surface area contributed by atoms with E-state index in [4.69, 9.17) is 14.2 Å². The molecule has 0 bridgehead atoms. The lowest BCUT2D eigenvalue weighted by Crippen LogP contribution is -2.09. The molecule has 0 spiro atoms. The molecule has 0 aromatic heterocycles. The molecule has 0 radical (unpaired) electrons. The highest BCUT2D eigenvalue weighted by molar-refractivity contribution is 6.01. The molecule has 3 rings (SSSR count). The lowest BCUT2D eigenvalue weighted by Gasteiger charge is -2.10. The van der Waals surface area contributed by atoms with Gasteiger partial charge in [0.05, 0.1) is 18.6 Å². The van der Waals surface area contributed by atoms with Crippen molar-refractivity contribution >= 4 is 11.5 Å². The van der Waals surface area contributed by atoms with Crippen molar-refractivity contribution in [1.29, 1.82) is 0 Å². The Kier molecular flexibility index (Phi) is 9.89. The molecule has 7 heteroatoms. The van der Waals surface area contributed by atoms with E-state index < -0.39 is 17.1 Å². The van der Waals surface area contributed by atoms with Crippen molar-refractivity contribution in [3.05, 3.63) is 63.7 Å². The number of ether oxygens (including phenoxy) is 3. The Hall–Kier alpha value is -2.93. The van der Waals surface area contributed by atoms with Crippen molar-refractivity contribution < 1.29 is 23.9 Å². The monoisotopic (exact) mass is 469 g/mol. The van der Waals surface area contributed by atoms with Crippen LogP contribution in [0.3, 0.4) is 0 Å². The van der Waals surface area contributed by atoms with E-state index in [9.17, 15) is 14.9 Å². The second-order valence-electron chi connectivity index (χ2n) is 8.73. The summed E-state index contributed by atoms with van der Waals surface area (Å²) in [5.41, 5.74) is 1.02. The molecule has 2 atom stereocenters. The first-order chi connectivity index (χ1) is 16.5. The SMILES string of the molecule is CCCCCCCCCCCOc1ccc([N+](=O)[O-])cc1[C@@H]1O[C@H]1C(=O)c1ccc(OC)cc1. The maximum atomic E-state index is 12.8. The molecular formula is C27H35NO6. The third-order valence-electron chi connectivity index (χ3n) is 6.14. The summed E-state index contributed by atoms with van der Waals surface area (Å²) < 4.78 is 16.8. The zero-order valence-corrected chi connectivity index (χ0v) is 20.2. The standard InChI is InChI=1S/C27H35NO6/c1-3-4-5-6-7-8-9-10-11-18-33-24-17-14-21(28(30)31)19-23(24)26-27(34-26)25(29)20-12-15-22(32-2)16-13-20/h12-17,19,26-27H,3-11,18H2,1-2H3/t26-,27-/m0/s1. The average molecular weight is 470 g/mol. The number of hydrogen-bond acceptors (Lipinski definition) is 6. The van der Waals surface area contributed by atoms with E-state index >= 15 is 0 Å². The Balaban J connectivity index is 1.53. The second kappa shape index (κ2) is 13.1. The van der Waals surface area contributed by atoms with E-state index in [0.29, 0.717) is 29.2 Å². The van der Waals surface area contributed by atoms with Crippen molar-refractivity contribution in [2.75, 3.05) is 13.7 Å². The number of carbonyl (C=O) groups is 1.